The number of nitrogens with zero attached hydrogens (tertiary/aromatic N) is 1. The molecular formula is C26H43N4O8P. The molecule has 220 valence electrons. The summed E-state index contributed by atoms with van der Waals surface area (Å²) in [5.74, 6) is 0. The van der Waals surface area contributed by atoms with Crippen LogP contribution in [0.4, 0.5) is 14.4 Å². The molecule has 0 aliphatic carbocycles. The number of amides is 3. The lowest BCUT2D eigenvalue weighted by Crippen LogP contribution is -2.41. The van der Waals surface area contributed by atoms with Crippen molar-refractivity contribution in [3.05, 3.63) is 35.9 Å². The highest BCUT2D eigenvalue weighted by molar-refractivity contribution is 7.36. The first-order valence-electron chi connectivity index (χ1n) is 12.8. The molecule has 1 rings (SSSR count). The van der Waals surface area contributed by atoms with E-state index in [1.54, 1.807) is 20.8 Å². The van der Waals surface area contributed by atoms with Gasteiger partial charge < -0.3 is 39.6 Å². The second-order valence-electron chi connectivity index (χ2n) is 9.19. The molecule has 0 saturated carbocycles. The minimum absolute atomic E-state index is 0.197. The van der Waals surface area contributed by atoms with Crippen LogP contribution in [0.2, 0.25) is 0 Å². The van der Waals surface area contributed by atoms with E-state index >= 15 is 0 Å². The molecule has 12 nitrogen and oxygen atoms in total. The molecule has 0 aliphatic heterocycles. The summed E-state index contributed by atoms with van der Waals surface area (Å²) in [4.78, 5) is 37.3. The number of nitrogens with one attached hydrogen (secondary N) is 3. The number of hydrogen-bond donors (Lipinski definition) is 3. The smallest absolute Gasteiger partial charge is 0.407 e. The first-order chi connectivity index (χ1) is 18.7. The summed E-state index contributed by atoms with van der Waals surface area (Å²) in [6, 6.07) is 9.44. The number of rotatable bonds is 19. The maximum absolute atomic E-state index is 12.0. The van der Waals surface area contributed by atoms with Gasteiger partial charge in [-0.2, -0.15) is 0 Å². The standard InChI is InChI=1S/C26H43N4O8P/c1-26(2,3)38-25(33)29-12-16-34-18-19-35-17-15-30(14-11-28-24(32)37-21-39-4)13-10-27-23(31)36-20-22-8-6-5-7-9-22/h5-9H,4,10-21H2,1-3H3,(H,27,31)(H,28,32)(H,29,33). The van der Waals surface area contributed by atoms with Crippen molar-refractivity contribution in [2.24, 2.45) is 0 Å². The number of carbonyl (C=O) groups excluding carboxylic acids is 3. The Hall–Kier alpha value is -2.92. The van der Waals surface area contributed by atoms with Gasteiger partial charge in [0.1, 0.15) is 18.6 Å². The van der Waals surface area contributed by atoms with Gasteiger partial charge in [0.2, 0.25) is 0 Å². The van der Waals surface area contributed by atoms with Gasteiger partial charge in [-0.3, -0.25) is 4.90 Å². The molecular weight excluding hydrogens is 527 g/mol. The van der Waals surface area contributed by atoms with Gasteiger partial charge in [0.25, 0.3) is 0 Å². The third kappa shape index (κ3) is 20.7. The van der Waals surface area contributed by atoms with E-state index in [1.807, 2.05) is 35.2 Å². The van der Waals surface area contributed by atoms with E-state index < -0.39 is 23.9 Å². The Balaban J connectivity index is 2.25. The van der Waals surface area contributed by atoms with Gasteiger partial charge in [0, 0.05) is 39.3 Å². The van der Waals surface area contributed by atoms with Gasteiger partial charge in [0.15, 0.2) is 0 Å². The van der Waals surface area contributed by atoms with E-state index in [0.717, 1.165) is 13.8 Å². The highest BCUT2D eigenvalue weighted by atomic mass is 31.1. The molecule has 0 fully saturated rings. The molecule has 0 unspecified atom stereocenters. The normalized spacial score (nSPS) is 11.2. The first kappa shape index (κ1) is 34.1. The Labute approximate surface area is 232 Å². The largest absolute Gasteiger partial charge is 0.445 e. The van der Waals surface area contributed by atoms with Crippen molar-refractivity contribution >= 4 is 32.8 Å². The summed E-state index contributed by atoms with van der Waals surface area (Å²) < 4.78 is 26.4. The number of alkyl carbamates (subject to hydrolysis) is 3. The molecule has 3 N–H and O–H groups in total. The summed E-state index contributed by atoms with van der Waals surface area (Å²) in [6.45, 7) is 9.87. The van der Waals surface area contributed by atoms with Gasteiger partial charge in [-0.1, -0.05) is 44.8 Å². The first-order valence-corrected chi connectivity index (χ1v) is 14.1. The number of ether oxygens (including phenoxy) is 5. The zero-order valence-electron chi connectivity index (χ0n) is 23.2. The predicted molar refractivity (Wildman–Crippen MR) is 150 cm³/mol. The summed E-state index contributed by atoms with van der Waals surface area (Å²) in [5.41, 5.74) is 0.367. The van der Waals surface area contributed by atoms with Crippen LogP contribution in [0.3, 0.4) is 0 Å². The molecule has 0 radical (unpaired) electrons. The minimum Gasteiger partial charge on any atom is -0.445 e. The van der Waals surface area contributed by atoms with E-state index in [0.29, 0.717) is 65.7 Å². The van der Waals surface area contributed by atoms with Crippen LogP contribution in [0.5, 0.6) is 0 Å². The van der Waals surface area contributed by atoms with E-state index in [-0.39, 0.29) is 13.0 Å². The Bertz CT molecular complexity index is 839. The Kier molecular flexibility index (Phi) is 18.3. The fraction of sp³-hybridized carbons (Fsp3) is 0.615. The van der Waals surface area contributed by atoms with Crippen LogP contribution in [0.15, 0.2) is 30.3 Å². The highest BCUT2D eigenvalue weighted by Gasteiger charge is 2.15. The van der Waals surface area contributed by atoms with Gasteiger partial charge in [-0.05, 0) is 26.3 Å². The summed E-state index contributed by atoms with van der Waals surface area (Å²) in [6.07, 6.45) is 2.36. The summed E-state index contributed by atoms with van der Waals surface area (Å²) >= 11 is 0. The lowest BCUT2D eigenvalue weighted by molar-refractivity contribution is 0.0346. The van der Waals surface area contributed by atoms with Crippen LogP contribution in [0.1, 0.15) is 26.3 Å². The van der Waals surface area contributed by atoms with Gasteiger partial charge >= 0.3 is 18.3 Å². The van der Waals surface area contributed by atoms with Crippen molar-refractivity contribution in [1.29, 1.82) is 0 Å². The molecule has 0 aromatic heterocycles. The predicted octanol–water partition coefficient (Wildman–Crippen LogP) is 2.83. The zero-order valence-corrected chi connectivity index (χ0v) is 24.1. The molecule has 0 atom stereocenters. The molecule has 3 amide bonds. The second-order valence-corrected chi connectivity index (χ2v) is 9.90. The Morgan fingerprint density at radius 3 is 2.00 bits per heavy atom. The third-order valence-electron chi connectivity index (χ3n) is 4.73. The topological polar surface area (TPSA) is 137 Å². The van der Waals surface area contributed by atoms with Crippen LogP contribution >= 0.6 is 8.20 Å². The van der Waals surface area contributed by atoms with E-state index in [1.165, 1.54) is 0 Å². The lowest BCUT2D eigenvalue weighted by atomic mass is 10.2. The molecule has 0 aliphatic rings. The van der Waals surface area contributed by atoms with Crippen molar-refractivity contribution in [2.75, 3.05) is 72.0 Å². The van der Waals surface area contributed by atoms with Crippen molar-refractivity contribution in [3.8, 4) is 0 Å². The van der Waals surface area contributed by atoms with E-state index in [4.69, 9.17) is 23.7 Å². The fourth-order valence-electron chi connectivity index (χ4n) is 2.95. The zero-order chi connectivity index (χ0) is 28.8. The maximum atomic E-state index is 12.0. The minimum atomic E-state index is -0.541. The average molecular weight is 571 g/mol. The molecule has 0 heterocycles. The Morgan fingerprint density at radius 1 is 0.795 bits per heavy atom. The van der Waals surface area contributed by atoms with E-state index in [9.17, 15) is 14.4 Å². The van der Waals surface area contributed by atoms with Crippen molar-refractivity contribution in [2.45, 2.75) is 33.0 Å². The summed E-state index contributed by atoms with van der Waals surface area (Å²) in [7, 11) is 0.726. The van der Waals surface area contributed by atoms with Crippen molar-refractivity contribution < 1.29 is 38.1 Å². The lowest BCUT2D eigenvalue weighted by Gasteiger charge is -2.22. The fourth-order valence-corrected chi connectivity index (χ4v) is 3.16. The monoisotopic (exact) mass is 570 g/mol. The second kappa shape index (κ2) is 21.0. The SMILES string of the molecule is C=PCOC(=O)NCCN(CCNC(=O)OCc1ccccc1)CCOCCOCCNC(=O)OC(C)(C)C. The van der Waals surface area contributed by atoms with E-state index in [2.05, 4.69) is 22.2 Å². The van der Waals surface area contributed by atoms with Crippen LogP contribution < -0.4 is 16.0 Å². The van der Waals surface area contributed by atoms with Crippen molar-refractivity contribution in [1.82, 2.24) is 20.9 Å². The molecule has 13 heteroatoms. The quantitative estimate of drug-likeness (QED) is 0.130. The molecule has 1 aromatic rings. The van der Waals surface area contributed by atoms with Crippen LogP contribution in [0.25, 0.3) is 0 Å². The maximum Gasteiger partial charge on any atom is 0.407 e. The molecule has 0 bridgehead atoms. The third-order valence-corrected chi connectivity index (χ3v) is 5.04. The molecule has 39 heavy (non-hydrogen) atoms. The van der Waals surface area contributed by atoms with Crippen LogP contribution in [-0.2, 0) is 30.3 Å². The highest BCUT2D eigenvalue weighted by Crippen LogP contribution is 2.06. The average Bonchev–Trinajstić information content (AvgIpc) is 2.89. The van der Waals surface area contributed by atoms with Crippen LogP contribution in [-0.4, -0.2) is 107 Å². The van der Waals surface area contributed by atoms with Gasteiger partial charge in [0.05, 0.1) is 26.4 Å². The number of carbonyl (C=O) groups is 3. The molecule has 1 aromatic carbocycles. The van der Waals surface area contributed by atoms with Crippen molar-refractivity contribution in [3.63, 3.8) is 0 Å². The molecule has 0 spiro atoms. The number of hydrogen-bond acceptors (Lipinski definition) is 9. The number of benzene rings is 1. The van der Waals surface area contributed by atoms with Gasteiger partial charge in [-0.25, -0.2) is 14.4 Å². The summed E-state index contributed by atoms with van der Waals surface area (Å²) in [5, 5.41) is 8.05. The van der Waals surface area contributed by atoms with Gasteiger partial charge in [-0.15, -0.1) is 0 Å². The van der Waals surface area contributed by atoms with Crippen LogP contribution in [0, 0.1) is 0 Å². The molecule has 0 saturated heterocycles. The Morgan fingerprint density at radius 2 is 1.38 bits per heavy atom.